The first-order chi connectivity index (χ1) is 17.1. The van der Waals surface area contributed by atoms with Gasteiger partial charge in [-0.05, 0) is 36.6 Å². The summed E-state index contributed by atoms with van der Waals surface area (Å²) in [5.41, 5.74) is 0.416. The first kappa shape index (κ1) is 24.2. The second-order valence-corrected chi connectivity index (χ2v) is 9.42. The molecule has 1 fully saturated rings. The molecule has 2 aliphatic rings. The molecule has 2 aliphatic heterocycles. The minimum absolute atomic E-state index is 0.0361. The SMILES string of the molecule is C[C@@H](C(=O)Nc1cn2c(n1)CC[C@H]2c1cc(F)cc(F)c1)N1CCC(F)(F)[C@@H](c2ccc(=O)[nH]c2)C1. The molecule has 0 bridgehead atoms. The molecule has 0 saturated carbocycles. The van der Waals surface area contributed by atoms with E-state index in [1.807, 2.05) is 0 Å². The van der Waals surface area contributed by atoms with E-state index in [9.17, 15) is 27.2 Å². The monoisotopic (exact) mass is 503 g/mol. The lowest BCUT2D eigenvalue weighted by atomic mass is 9.87. The quantitative estimate of drug-likeness (QED) is 0.519. The standard InChI is InChI=1S/C25H25F4N5O2/c1-14(33-7-6-25(28,29)19(12-33)15-2-5-23(35)30-11-15)24(36)32-21-13-34-20(3-4-22(34)31-21)16-8-17(26)10-18(27)9-16/h2,5,8-11,13-14,19-20H,3-4,6-7,12H2,1H3,(H,30,35)(H,32,36)/t14-,19+,20-/m0/s1. The second-order valence-electron chi connectivity index (χ2n) is 9.42. The van der Waals surface area contributed by atoms with E-state index in [2.05, 4.69) is 15.3 Å². The van der Waals surface area contributed by atoms with Crippen LogP contribution < -0.4 is 10.9 Å². The molecule has 190 valence electrons. The molecule has 1 aromatic carbocycles. The van der Waals surface area contributed by atoms with Crippen LogP contribution in [0.3, 0.4) is 0 Å². The Morgan fingerprint density at radius 2 is 1.94 bits per heavy atom. The van der Waals surface area contributed by atoms with Crippen molar-refractivity contribution < 1.29 is 22.4 Å². The Balaban J connectivity index is 1.29. The third-order valence-electron chi connectivity index (χ3n) is 7.10. The molecule has 2 aromatic heterocycles. The van der Waals surface area contributed by atoms with Crippen LogP contribution in [0, 0.1) is 11.6 Å². The molecule has 0 aliphatic carbocycles. The summed E-state index contributed by atoms with van der Waals surface area (Å²) < 4.78 is 58.6. The number of nitrogens with zero attached hydrogens (tertiary/aromatic N) is 3. The minimum Gasteiger partial charge on any atom is -0.329 e. The van der Waals surface area contributed by atoms with Crippen molar-refractivity contribution in [2.75, 3.05) is 18.4 Å². The number of alkyl halides is 2. The van der Waals surface area contributed by atoms with Gasteiger partial charge in [0.1, 0.15) is 17.5 Å². The highest BCUT2D eigenvalue weighted by atomic mass is 19.3. The van der Waals surface area contributed by atoms with E-state index >= 15 is 0 Å². The Morgan fingerprint density at radius 3 is 2.64 bits per heavy atom. The first-order valence-electron chi connectivity index (χ1n) is 11.8. The molecule has 36 heavy (non-hydrogen) atoms. The summed E-state index contributed by atoms with van der Waals surface area (Å²) in [5.74, 6) is -4.87. The number of anilines is 1. The Morgan fingerprint density at radius 1 is 1.19 bits per heavy atom. The fraction of sp³-hybridized carbons (Fsp3) is 0.400. The van der Waals surface area contributed by atoms with E-state index in [0.717, 1.165) is 6.07 Å². The van der Waals surface area contributed by atoms with Crippen molar-refractivity contribution in [3.8, 4) is 0 Å². The van der Waals surface area contributed by atoms with Crippen LogP contribution in [-0.4, -0.2) is 50.4 Å². The number of amides is 1. The number of piperidine rings is 1. The Hall–Kier alpha value is -3.47. The van der Waals surface area contributed by atoms with Crippen LogP contribution in [0.15, 0.2) is 47.5 Å². The molecule has 1 amide bonds. The zero-order valence-electron chi connectivity index (χ0n) is 19.5. The molecule has 7 nitrogen and oxygen atoms in total. The number of hydrogen-bond donors (Lipinski definition) is 2. The summed E-state index contributed by atoms with van der Waals surface area (Å²) in [5, 5.41) is 2.75. The molecule has 2 N–H and O–H groups in total. The van der Waals surface area contributed by atoms with Crippen LogP contribution in [0.1, 0.15) is 48.7 Å². The van der Waals surface area contributed by atoms with Gasteiger partial charge in [0.05, 0.1) is 18.0 Å². The highest BCUT2D eigenvalue weighted by Crippen LogP contribution is 2.40. The highest BCUT2D eigenvalue weighted by molar-refractivity contribution is 5.93. The van der Waals surface area contributed by atoms with Gasteiger partial charge in [0, 0.05) is 50.5 Å². The smallest absolute Gasteiger partial charge is 0.257 e. The highest BCUT2D eigenvalue weighted by Gasteiger charge is 2.46. The first-order valence-corrected chi connectivity index (χ1v) is 11.8. The largest absolute Gasteiger partial charge is 0.329 e. The molecule has 11 heteroatoms. The number of aryl methyl sites for hydroxylation is 1. The molecule has 5 rings (SSSR count). The molecular weight excluding hydrogens is 478 g/mol. The van der Waals surface area contributed by atoms with Gasteiger partial charge >= 0.3 is 0 Å². The van der Waals surface area contributed by atoms with E-state index in [0.29, 0.717) is 35.6 Å². The Labute approximate surface area is 204 Å². The summed E-state index contributed by atoms with van der Waals surface area (Å²) in [6.07, 6.45) is 3.72. The zero-order valence-corrected chi connectivity index (χ0v) is 19.5. The summed E-state index contributed by atoms with van der Waals surface area (Å²) in [6.45, 7) is 1.62. The lowest BCUT2D eigenvalue weighted by molar-refractivity contribution is -0.125. The number of hydrogen-bond acceptors (Lipinski definition) is 4. The molecule has 1 saturated heterocycles. The number of likely N-dealkylation sites (tertiary alicyclic amines) is 1. The second kappa shape index (κ2) is 9.20. The summed E-state index contributed by atoms with van der Waals surface area (Å²) in [6, 6.07) is 4.98. The van der Waals surface area contributed by atoms with Gasteiger partial charge in [-0.15, -0.1) is 0 Å². The average Bonchev–Trinajstić information content (AvgIpc) is 3.39. The lowest BCUT2D eigenvalue weighted by Gasteiger charge is -2.40. The van der Waals surface area contributed by atoms with Crippen molar-refractivity contribution in [1.82, 2.24) is 19.4 Å². The number of imidazole rings is 1. The number of pyridine rings is 1. The van der Waals surface area contributed by atoms with E-state index in [1.165, 1.54) is 30.5 Å². The predicted octanol–water partition coefficient (Wildman–Crippen LogP) is 3.84. The van der Waals surface area contributed by atoms with Crippen LogP contribution in [-0.2, 0) is 11.2 Å². The maximum absolute atomic E-state index is 14.7. The van der Waals surface area contributed by atoms with Gasteiger partial charge in [-0.1, -0.05) is 6.07 Å². The number of carbonyl (C=O) groups excluding carboxylic acids is 1. The fourth-order valence-corrected chi connectivity index (χ4v) is 5.11. The minimum atomic E-state index is -2.97. The predicted molar refractivity (Wildman–Crippen MR) is 124 cm³/mol. The van der Waals surface area contributed by atoms with Crippen molar-refractivity contribution in [3.63, 3.8) is 0 Å². The van der Waals surface area contributed by atoms with E-state index in [4.69, 9.17) is 0 Å². The van der Waals surface area contributed by atoms with Crippen molar-refractivity contribution in [2.24, 2.45) is 0 Å². The number of halogens is 4. The van der Waals surface area contributed by atoms with Gasteiger partial charge < -0.3 is 14.9 Å². The fourth-order valence-electron chi connectivity index (χ4n) is 5.11. The average molecular weight is 504 g/mol. The molecule has 0 radical (unpaired) electrons. The van der Waals surface area contributed by atoms with E-state index in [1.54, 1.807) is 22.6 Å². The van der Waals surface area contributed by atoms with Crippen molar-refractivity contribution in [3.05, 3.63) is 81.7 Å². The third kappa shape index (κ3) is 4.67. The number of carbonyl (C=O) groups is 1. The van der Waals surface area contributed by atoms with Crippen molar-refractivity contribution in [1.29, 1.82) is 0 Å². The van der Waals surface area contributed by atoms with Crippen LogP contribution in [0.5, 0.6) is 0 Å². The van der Waals surface area contributed by atoms with Gasteiger partial charge in [0.25, 0.3) is 5.92 Å². The number of H-pyrrole nitrogens is 1. The molecule has 3 aromatic rings. The molecule has 3 atom stereocenters. The summed E-state index contributed by atoms with van der Waals surface area (Å²) in [7, 11) is 0. The number of benzene rings is 1. The number of aromatic amines is 1. The van der Waals surface area contributed by atoms with Crippen LogP contribution in [0.2, 0.25) is 0 Å². The molecule has 0 unspecified atom stereocenters. The number of aromatic nitrogens is 3. The van der Waals surface area contributed by atoms with Gasteiger partial charge in [-0.2, -0.15) is 0 Å². The van der Waals surface area contributed by atoms with Crippen LogP contribution in [0.25, 0.3) is 0 Å². The van der Waals surface area contributed by atoms with E-state index in [-0.39, 0.29) is 24.7 Å². The van der Waals surface area contributed by atoms with Gasteiger partial charge in [0.2, 0.25) is 11.5 Å². The van der Waals surface area contributed by atoms with Crippen LogP contribution in [0.4, 0.5) is 23.4 Å². The Bertz CT molecular complexity index is 1310. The maximum atomic E-state index is 14.7. The Kier molecular flexibility index (Phi) is 6.19. The van der Waals surface area contributed by atoms with Gasteiger partial charge in [0.15, 0.2) is 5.82 Å². The molecule has 4 heterocycles. The number of fused-ring (bicyclic) bond motifs is 1. The molecular formula is C25H25F4N5O2. The van der Waals surface area contributed by atoms with Crippen molar-refractivity contribution >= 4 is 11.7 Å². The number of rotatable bonds is 5. The van der Waals surface area contributed by atoms with Gasteiger partial charge in [-0.3, -0.25) is 14.5 Å². The molecule has 0 spiro atoms. The normalized spacial score (nSPS) is 22.2. The summed E-state index contributed by atoms with van der Waals surface area (Å²) in [4.78, 5) is 32.9. The lowest BCUT2D eigenvalue weighted by Crippen LogP contribution is -2.52. The third-order valence-corrected chi connectivity index (χ3v) is 7.10. The van der Waals surface area contributed by atoms with Crippen molar-refractivity contribution in [2.45, 2.75) is 50.1 Å². The van der Waals surface area contributed by atoms with E-state index < -0.39 is 41.8 Å². The van der Waals surface area contributed by atoms with Gasteiger partial charge in [-0.25, -0.2) is 22.5 Å². The number of nitrogens with one attached hydrogen (secondary N) is 2. The zero-order chi connectivity index (χ0) is 25.6. The maximum Gasteiger partial charge on any atom is 0.257 e. The topological polar surface area (TPSA) is 83.0 Å². The summed E-state index contributed by atoms with van der Waals surface area (Å²) >= 11 is 0. The van der Waals surface area contributed by atoms with Crippen LogP contribution >= 0.6 is 0 Å².